The summed E-state index contributed by atoms with van der Waals surface area (Å²) in [6.45, 7) is 5.42. The molecule has 0 aromatic heterocycles. The van der Waals surface area contributed by atoms with Gasteiger partial charge in [-0.1, -0.05) is 36.6 Å². The second-order valence-electron chi connectivity index (χ2n) is 12.2. The summed E-state index contributed by atoms with van der Waals surface area (Å²) < 4.78 is 47.6. The predicted molar refractivity (Wildman–Crippen MR) is 156 cm³/mol. The number of fused-ring (bicyclic) bond motifs is 2. The number of ether oxygens (including phenoxy) is 1. The van der Waals surface area contributed by atoms with Crippen LogP contribution in [0.4, 0.5) is 9.18 Å². The summed E-state index contributed by atoms with van der Waals surface area (Å²) in [4.78, 5) is 54.0. The molecule has 1 aromatic carbocycles. The zero-order valence-corrected chi connectivity index (χ0v) is 26.0. The molecule has 1 unspecified atom stereocenters. The van der Waals surface area contributed by atoms with Crippen molar-refractivity contribution >= 4 is 45.4 Å². The number of sulfonamides is 1. The molecular formula is C29H38ClFN4O7S. The van der Waals surface area contributed by atoms with Crippen LogP contribution in [0, 0.1) is 11.7 Å². The molecule has 1 aliphatic carbocycles. The van der Waals surface area contributed by atoms with E-state index in [0.717, 1.165) is 25.0 Å². The Morgan fingerprint density at radius 1 is 1.14 bits per heavy atom. The van der Waals surface area contributed by atoms with Gasteiger partial charge in [0.05, 0.1) is 0 Å². The Morgan fingerprint density at radius 3 is 2.60 bits per heavy atom. The summed E-state index contributed by atoms with van der Waals surface area (Å²) >= 11 is 5.86. The van der Waals surface area contributed by atoms with Crippen molar-refractivity contribution in [3.05, 3.63) is 41.2 Å². The van der Waals surface area contributed by atoms with Gasteiger partial charge in [-0.3, -0.25) is 14.4 Å². The molecule has 4 atom stereocenters. The van der Waals surface area contributed by atoms with Crippen LogP contribution in [0.25, 0.3) is 0 Å². The second-order valence-corrected chi connectivity index (χ2v) is 14.3. The molecule has 14 heteroatoms. The average Bonchev–Trinajstić information content (AvgIpc) is 3.36. The first-order valence-electron chi connectivity index (χ1n) is 14.4. The van der Waals surface area contributed by atoms with Crippen LogP contribution >= 0.6 is 11.6 Å². The Bertz CT molecular complexity index is 1410. The van der Waals surface area contributed by atoms with Crippen molar-refractivity contribution in [2.45, 2.75) is 100 Å². The van der Waals surface area contributed by atoms with E-state index in [1.807, 2.05) is 10.8 Å². The highest BCUT2D eigenvalue weighted by Crippen LogP contribution is 2.46. The van der Waals surface area contributed by atoms with Gasteiger partial charge in [0.25, 0.3) is 15.9 Å². The third kappa shape index (κ3) is 7.86. The highest BCUT2D eigenvalue weighted by molar-refractivity contribution is 7.90. The molecule has 0 radical (unpaired) electrons. The third-order valence-electron chi connectivity index (χ3n) is 7.74. The Balaban J connectivity index is 1.58. The van der Waals surface area contributed by atoms with Gasteiger partial charge < -0.3 is 20.3 Å². The second kappa shape index (κ2) is 12.8. The fourth-order valence-electron chi connectivity index (χ4n) is 5.49. The maximum Gasteiger partial charge on any atom is 0.408 e. The van der Waals surface area contributed by atoms with Crippen LogP contribution in [0.3, 0.4) is 0 Å². The number of carbonyl (C=O) groups excluding carboxylic acids is 4. The topological polar surface area (TPSA) is 151 Å². The van der Waals surface area contributed by atoms with Crippen LogP contribution in [-0.4, -0.2) is 66.9 Å². The molecule has 2 heterocycles. The summed E-state index contributed by atoms with van der Waals surface area (Å²) in [5.41, 5.74) is -2.38. The molecule has 2 fully saturated rings. The van der Waals surface area contributed by atoms with E-state index in [4.69, 9.17) is 16.3 Å². The summed E-state index contributed by atoms with van der Waals surface area (Å²) in [5, 5.41) is 5.36. The first-order chi connectivity index (χ1) is 20.1. The number of rotatable bonds is 4. The number of carbonyl (C=O) groups is 4. The minimum Gasteiger partial charge on any atom is -0.444 e. The fourth-order valence-corrected chi connectivity index (χ4v) is 6.87. The lowest BCUT2D eigenvalue weighted by atomic mass is 10.0. The van der Waals surface area contributed by atoms with Gasteiger partial charge in [-0.2, -0.15) is 0 Å². The van der Waals surface area contributed by atoms with Gasteiger partial charge in [-0.25, -0.2) is 22.3 Å². The Kier molecular flexibility index (Phi) is 9.75. The molecule has 4 rings (SSSR count). The molecule has 43 heavy (non-hydrogen) atoms. The van der Waals surface area contributed by atoms with Crippen LogP contribution in [0.15, 0.2) is 35.2 Å². The Hall–Kier alpha value is -3.19. The molecule has 3 aliphatic rings. The number of nitrogens with zero attached hydrogens (tertiary/aromatic N) is 1. The van der Waals surface area contributed by atoms with E-state index in [-0.39, 0.29) is 18.0 Å². The van der Waals surface area contributed by atoms with E-state index < -0.39 is 73.7 Å². The maximum absolute atomic E-state index is 14.4. The molecule has 1 saturated heterocycles. The van der Waals surface area contributed by atoms with Crippen molar-refractivity contribution in [3.8, 4) is 0 Å². The van der Waals surface area contributed by atoms with E-state index in [2.05, 4.69) is 10.6 Å². The van der Waals surface area contributed by atoms with Gasteiger partial charge in [0.1, 0.15) is 33.9 Å². The van der Waals surface area contributed by atoms with Crippen LogP contribution in [0.1, 0.15) is 72.1 Å². The van der Waals surface area contributed by atoms with E-state index in [1.54, 1.807) is 26.8 Å². The van der Waals surface area contributed by atoms with Gasteiger partial charge >= 0.3 is 6.09 Å². The molecule has 1 aromatic rings. The first-order valence-corrected chi connectivity index (χ1v) is 16.3. The summed E-state index contributed by atoms with van der Waals surface area (Å²) in [7, 11) is -4.67. The minimum atomic E-state index is -4.67. The van der Waals surface area contributed by atoms with E-state index in [0.29, 0.717) is 32.1 Å². The van der Waals surface area contributed by atoms with E-state index in [9.17, 15) is 32.0 Å². The van der Waals surface area contributed by atoms with Gasteiger partial charge in [0, 0.05) is 17.5 Å². The molecule has 4 amide bonds. The summed E-state index contributed by atoms with van der Waals surface area (Å²) in [6.07, 6.45) is 7.09. The molecule has 3 N–H and O–H groups in total. The molecule has 2 aliphatic heterocycles. The number of alkyl carbamates (subject to hydrolysis) is 1. The lowest BCUT2D eigenvalue weighted by molar-refractivity contribution is -0.141. The number of hydrogen-bond acceptors (Lipinski definition) is 7. The number of nitrogens with one attached hydrogen (secondary N) is 3. The number of amides is 4. The largest absolute Gasteiger partial charge is 0.444 e. The highest BCUT2D eigenvalue weighted by Gasteiger charge is 2.61. The highest BCUT2D eigenvalue weighted by atomic mass is 35.5. The van der Waals surface area contributed by atoms with Crippen LogP contribution in [0.2, 0.25) is 5.02 Å². The van der Waals surface area contributed by atoms with Crippen LogP contribution in [0.5, 0.6) is 0 Å². The van der Waals surface area contributed by atoms with Crippen LogP contribution in [-0.2, 0) is 29.1 Å². The Labute approximate surface area is 256 Å². The van der Waals surface area contributed by atoms with Crippen molar-refractivity contribution in [1.29, 1.82) is 0 Å². The van der Waals surface area contributed by atoms with Crippen molar-refractivity contribution in [2.75, 3.05) is 6.54 Å². The SMILES string of the molecule is CC(C)(C)OC(=O)NC1CCCCCC=C[C@@H]2C[C@@]2(C(=O)NS(=O)(=O)c2cc(Cl)ccc2F)NC(=O)[C@@H]2CCCN2C1=O. The van der Waals surface area contributed by atoms with Gasteiger partial charge in [0.15, 0.2) is 0 Å². The number of allylic oxidation sites excluding steroid dienone is 1. The fraction of sp³-hybridized carbons (Fsp3) is 0.586. The van der Waals surface area contributed by atoms with Gasteiger partial charge in [-0.15, -0.1) is 0 Å². The van der Waals surface area contributed by atoms with Gasteiger partial charge in [0.2, 0.25) is 11.8 Å². The number of hydrogen-bond donors (Lipinski definition) is 3. The van der Waals surface area contributed by atoms with Crippen LogP contribution < -0.4 is 15.4 Å². The molecule has 0 spiro atoms. The normalized spacial score (nSPS) is 26.7. The van der Waals surface area contributed by atoms with Crippen molar-refractivity contribution < 1.29 is 36.7 Å². The lowest BCUT2D eigenvalue weighted by Crippen LogP contribution is -2.58. The van der Waals surface area contributed by atoms with E-state index in [1.165, 1.54) is 11.0 Å². The zero-order chi connectivity index (χ0) is 31.6. The molecule has 0 bridgehead atoms. The number of benzene rings is 1. The molecule has 1 saturated carbocycles. The van der Waals surface area contributed by atoms with E-state index >= 15 is 0 Å². The molecular weight excluding hydrogens is 603 g/mol. The Morgan fingerprint density at radius 2 is 1.88 bits per heavy atom. The van der Waals surface area contributed by atoms with Gasteiger partial charge in [-0.05, 0) is 77.5 Å². The third-order valence-corrected chi connectivity index (χ3v) is 9.32. The zero-order valence-electron chi connectivity index (χ0n) is 24.5. The maximum atomic E-state index is 14.4. The smallest absolute Gasteiger partial charge is 0.408 e. The minimum absolute atomic E-state index is 0.0349. The first kappa shape index (κ1) is 32.7. The standard InChI is InChI=1S/C29H38ClFN4O7S/c1-28(2,3)42-27(39)32-21-11-8-6-4-5-7-10-18-17-29(18,33-24(36)22-12-9-15-35(22)25(21)37)26(38)34-43(40,41)23-16-19(30)13-14-20(23)31/h7,10,13-14,16,18,21-22H,4-6,8-9,11-12,15,17H2,1-3H3,(H,32,39)(H,33,36)(H,34,38)/t18-,21?,22+,29-/m1/s1. The quantitative estimate of drug-likeness (QED) is 0.426. The summed E-state index contributed by atoms with van der Waals surface area (Å²) in [6, 6.07) is 1.11. The van der Waals surface area contributed by atoms with Crippen molar-refractivity contribution in [1.82, 2.24) is 20.3 Å². The number of halogens is 2. The average molecular weight is 641 g/mol. The van der Waals surface area contributed by atoms with Crippen molar-refractivity contribution in [3.63, 3.8) is 0 Å². The molecule has 236 valence electrons. The molecule has 11 nitrogen and oxygen atoms in total. The monoisotopic (exact) mass is 640 g/mol. The summed E-state index contributed by atoms with van der Waals surface area (Å²) in [5.74, 6) is -3.65. The lowest BCUT2D eigenvalue weighted by Gasteiger charge is -2.30. The predicted octanol–water partition coefficient (Wildman–Crippen LogP) is 3.56. The van der Waals surface area contributed by atoms with Crippen molar-refractivity contribution in [2.24, 2.45) is 5.92 Å².